The lowest BCUT2D eigenvalue weighted by molar-refractivity contribution is -0.140. The molecule has 0 aromatic heterocycles. The van der Waals surface area contributed by atoms with Gasteiger partial charge in [0.2, 0.25) is 0 Å². The molecule has 1 heterocycles. The number of hydrogen-bond donors (Lipinski definition) is 0. The van der Waals surface area contributed by atoms with Crippen LogP contribution in [0.4, 0.5) is 11.4 Å². The number of para-hydroxylation sites is 2. The average molecular weight is 234 g/mol. The second-order valence-electron chi connectivity index (χ2n) is 3.93. The van der Waals surface area contributed by atoms with Gasteiger partial charge in [-0.1, -0.05) is 12.1 Å². The van der Waals surface area contributed by atoms with E-state index in [0.29, 0.717) is 24.3 Å². The maximum Gasteiger partial charge on any atom is 0.305 e. The van der Waals surface area contributed by atoms with Gasteiger partial charge in [-0.2, -0.15) is 4.99 Å². The molecule has 1 aliphatic heterocycles. The number of carbonyl (C=O) groups excluding carboxylic acids is 1. The Labute approximate surface area is 99.5 Å². The Bertz CT molecular complexity index is 459. The van der Waals surface area contributed by atoms with Crippen molar-refractivity contribution < 1.29 is 9.53 Å². The number of benzene rings is 1. The average Bonchev–Trinajstić information content (AvgIpc) is 2.68. The Morgan fingerprint density at radius 2 is 2.24 bits per heavy atom. The predicted molar refractivity (Wildman–Crippen MR) is 65.9 cm³/mol. The molecule has 90 valence electrons. The number of methoxy groups -OCH3 is 1. The van der Waals surface area contributed by atoms with Gasteiger partial charge in [0.1, 0.15) is 5.69 Å². The summed E-state index contributed by atoms with van der Waals surface area (Å²) in [6.07, 6.45) is 2.12. The van der Waals surface area contributed by atoms with Gasteiger partial charge >= 0.3 is 5.97 Å². The van der Waals surface area contributed by atoms with Gasteiger partial charge in [-0.05, 0) is 6.07 Å². The number of carbonyl (C=O) groups is 1. The lowest BCUT2D eigenvalue weighted by atomic mass is 10.2. The third kappa shape index (κ3) is 2.35. The van der Waals surface area contributed by atoms with Crippen molar-refractivity contribution in [1.82, 2.24) is 4.65 Å². The smallest absolute Gasteiger partial charge is 0.305 e. The van der Waals surface area contributed by atoms with Crippen LogP contribution in [0.15, 0.2) is 29.3 Å². The van der Waals surface area contributed by atoms with Crippen LogP contribution in [-0.4, -0.2) is 26.0 Å². The van der Waals surface area contributed by atoms with Crippen molar-refractivity contribution in [3.8, 4) is 0 Å². The van der Waals surface area contributed by atoms with Crippen molar-refractivity contribution in [1.29, 1.82) is 0 Å². The molecule has 0 aliphatic carbocycles. The van der Waals surface area contributed by atoms with Crippen LogP contribution < -0.4 is 4.65 Å². The fourth-order valence-corrected chi connectivity index (χ4v) is 1.85. The minimum absolute atomic E-state index is 0.259. The summed E-state index contributed by atoms with van der Waals surface area (Å²) in [5, 5.41) is 12.4. The van der Waals surface area contributed by atoms with E-state index >= 15 is 0 Å². The largest absolute Gasteiger partial charge is 0.621 e. The lowest BCUT2D eigenvalue weighted by Gasteiger charge is -2.34. The summed E-state index contributed by atoms with van der Waals surface area (Å²) >= 11 is 0. The first kappa shape index (κ1) is 11.8. The standard InChI is InChI=1S/C12H14N2O3/c1-17-12(15)7-4-8-14(16)9-13-10-5-2-3-6-11(10)14/h2-3,5-6,9H,4,7-8H2,1H3. The quantitative estimate of drug-likeness (QED) is 0.455. The molecule has 0 bridgehead atoms. The number of hydroxylamine groups is 2. The molecule has 0 N–H and O–H groups in total. The number of hydrogen-bond acceptors (Lipinski definition) is 4. The van der Waals surface area contributed by atoms with Crippen LogP contribution in [0.5, 0.6) is 0 Å². The highest BCUT2D eigenvalue weighted by Gasteiger charge is 2.27. The second kappa shape index (κ2) is 4.65. The molecule has 1 unspecified atom stereocenters. The van der Waals surface area contributed by atoms with Crippen molar-refractivity contribution >= 4 is 23.7 Å². The van der Waals surface area contributed by atoms with Crippen LogP contribution in [0.1, 0.15) is 12.8 Å². The van der Waals surface area contributed by atoms with Gasteiger partial charge < -0.3 is 9.94 Å². The molecule has 0 spiro atoms. The number of ether oxygens (including phenoxy) is 1. The summed E-state index contributed by atoms with van der Waals surface area (Å²) in [6.45, 7) is 0.301. The van der Waals surface area contributed by atoms with Gasteiger partial charge in [0.25, 0.3) is 0 Å². The molecule has 0 saturated heterocycles. The summed E-state index contributed by atoms with van der Waals surface area (Å²) in [5.41, 5.74) is 1.35. The number of aliphatic imine (C=N–C) groups is 1. The zero-order valence-corrected chi connectivity index (χ0v) is 9.63. The van der Waals surface area contributed by atoms with Gasteiger partial charge in [0.05, 0.1) is 20.1 Å². The maximum absolute atomic E-state index is 12.4. The normalized spacial score (nSPS) is 21.3. The second-order valence-corrected chi connectivity index (χ2v) is 3.93. The van der Waals surface area contributed by atoms with Crippen LogP contribution in [0.3, 0.4) is 0 Å². The fraction of sp³-hybridized carbons (Fsp3) is 0.333. The number of nitrogens with zero attached hydrogens (tertiary/aromatic N) is 2. The SMILES string of the molecule is COC(=O)CCC[N+]1([O-])C=Nc2ccccc21. The fourth-order valence-electron chi connectivity index (χ4n) is 1.85. The molecule has 1 atom stereocenters. The highest BCUT2D eigenvalue weighted by molar-refractivity contribution is 5.89. The van der Waals surface area contributed by atoms with Crippen molar-refractivity contribution in [3.05, 3.63) is 29.5 Å². The van der Waals surface area contributed by atoms with Crippen molar-refractivity contribution in [3.63, 3.8) is 0 Å². The molecule has 0 radical (unpaired) electrons. The van der Waals surface area contributed by atoms with Crippen LogP contribution in [0.25, 0.3) is 0 Å². The first-order valence-corrected chi connectivity index (χ1v) is 5.46. The molecule has 1 aromatic carbocycles. The van der Waals surface area contributed by atoms with E-state index in [1.54, 1.807) is 6.07 Å². The molecule has 17 heavy (non-hydrogen) atoms. The predicted octanol–water partition coefficient (Wildman–Crippen LogP) is 2.12. The first-order valence-electron chi connectivity index (χ1n) is 5.46. The first-order chi connectivity index (χ1) is 8.15. The Hall–Kier alpha value is -1.72. The van der Waals surface area contributed by atoms with Gasteiger partial charge in [-0.15, -0.1) is 0 Å². The zero-order chi connectivity index (χ0) is 12.3. The van der Waals surface area contributed by atoms with E-state index in [2.05, 4.69) is 9.73 Å². The van der Waals surface area contributed by atoms with Crippen molar-refractivity contribution in [2.24, 2.45) is 4.99 Å². The molecule has 5 nitrogen and oxygen atoms in total. The van der Waals surface area contributed by atoms with E-state index in [1.165, 1.54) is 13.4 Å². The molecule has 5 heteroatoms. The Kier molecular flexibility index (Phi) is 3.21. The number of quaternary nitrogens is 1. The zero-order valence-electron chi connectivity index (χ0n) is 9.63. The number of fused-ring (bicyclic) bond motifs is 1. The highest BCUT2D eigenvalue weighted by atomic mass is 16.5. The monoisotopic (exact) mass is 234 g/mol. The Morgan fingerprint density at radius 3 is 3.00 bits per heavy atom. The maximum atomic E-state index is 12.4. The van der Waals surface area contributed by atoms with Crippen molar-refractivity contribution in [2.45, 2.75) is 12.8 Å². The Morgan fingerprint density at radius 1 is 1.47 bits per heavy atom. The Balaban J connectivity index is 2.02. The van der Waals surface area contributed by atoms with Crippen LogP contribution in [0, 0.1) is 5.21 Å². The third-order valence-corrected chi connectivity index (χ3v) is 2.77. The topological polar surface area (TPSA) is 61.7 Å². The van der Waals surface area contributed by atoms with Crippen LogP contribution in [-0.2, 0) is 9.53 Å². The van der Waals surface area contributed by atoms with E-state index < -0.39 is 4.65 Å². The summed E-state index contributed by atoms with van der Waals surface area (Å²) < 4.78 is 3.95. The van der Waals surface area contributed by atoms with Crippen molar-refractivity contribution in [2.75, 3.05) is 13.7 Å². The minimum atomic E-state index is -0.590. The van der Waals surface area contributed by atoms with E-state index in [4.69, 9.17) is 0 Å². The summed E-state index contributed by atoms with van der Waals surface area (Å²) in [4.78, 5) is 15.1. The van der Waals surface area contributed by atoms with Gasteiger partial charge in [-0.25, -0.2) is 0 Å². The van der Waals surface area contributed by atoms with E-state index in [1.807, 2.05) is 18.2 Å². The third-order valence-electron chi connectivity index (χ3n) is 2.77. The molecule has 1 aliphatic rings. The van der Waals surface area contributed by atoms with Gasteiger partial charge in [0, 0.05) is 12.5 Å². The molecule has 0 fully saturated rings. The number of esters is 1. The minimum Gasteiger partial charge on any atom is -0.621 e. The van der Waals surface area contributed by atoms with Crippen LogP contribution in [0.2, 0.25) is 0 Å². The molecular formula is C12H14N2O3. The molecular weight excluding hydrogens is 220 g/mol. The van der Waals surface area contributed by atoms with E-state index in [0.717, 1.165) is 0 Å². The van der Waals surface area contributed by atoms with Gasteiger partial charge in [-0.3, -0.25) is 9.44 Å². The number of rotatable bonds is 4. The van der Waals surface area contributed by atoms with Crippen LogP contribution >= 0.6 is 0 Å². The van der Waals surface area contributed by atoms with Gasteiger partial charge in [0.15, 0.2) is 12.0 Å². The summed E-state index contributed by atoms with van der Waals surface area (Å²) in [7, 11) is 1.34. The molecule has 1 aromatic rings. The molecule has 0 saturated carbocycles. The summed E-state index contributed by atoms with van der Waals surface area (Å²) in [6, 6.07) is 7.25. The lowest BCUT2D eigenvalue weighted by Crippen LogP contribution is -2.40. The highest BCUT2D eigenvalue weighted by Crippen LogP contribution is 2.36. The molecule has 0 amide bonds. The van der Waals surface area contributed by atoms with E-state index in [-0.39, 0.29) is 12.4 Å². The molecule has 2 rings (SSSR count). The van der Waals surface area contributed by atoms with E-state index in [9.17, 15) is 10.0 Å². The summed E-state index contributed by atoms with van der Waals surface area (Å²) in [5.74, 6) is -0.291.